The second-order valence-electron chi connectivity index (χ2n) is 6.64. The van der Waals surface area contributed by atoms with Gasteiger partial charge in [0.1, 0.15) is 5.75 Å². The number of hydrogen-bond donors (Lipinski definition) is 2. The minimum atomic E-state index is -0.0859. The Morgan fingerprint density at radius 3 is 2.79 bits per heavy atom. The van der Waals surface area contributed by atoms with Gasteiger partial charge in [0.25, 0.3) is 0 Å². The highest BCUT2D eigenvalue weighted by Gasteiger charge is 2.30. The fourth-order valence-electron chi connectivity index (χ4n) is 3.37. The molecule has 2 unspecified atom stereocenters. The van der Waals surface area contributed by atoms with Crippen LogP contribution < -0.4 is 5.73 Å². The molecule has 2 rings (SSSR count). The number of rotatable bonds is 3. The molecular weight excluding hydrogens is 234 g/mol. The van der Waals surface area contributed by atoms with Crippen LogP contribution >= 0.6 is 0 Å². The average molecular weight is 261 g/mol. The van der Waals surface area contributed by atoms with Crippen LogP contribution in [0.5, 0.6) is 5.75 Å². The maximum absolute atomic E-state index is 9.56. The summed E-state index contributed by atoms with van der Waals surface area (Å²) >= 11 is 0. The Morgan fingerprint density at radius 1 is 1.32 bits per heavy atom. The van der Waals surface area contributed by atoms with Crippen molar-refractivity contribution < 1.29 is 5.11 Å². The molecule has 1 aromatic carbocycles. The molecule has 0 bridgehead atoms. The molecule has 1 saturated carbocycles. The Balaban J connectivity index is 2.02. The molecule has 2 nitrogen and oxygen atoms in total. The molecule has 1 aliphatic rings. The van der Waals surface area contributed by atoms with Crippen molar-refractivity contribution in [2.75, 3.05) is 0 Å². The van der Waals surface area contributed by atoms with E-state index in [-0.39, 0.29) is 5.54 Å². The summed E-state index contributed by atoms with van der Waals surface area (Å²) in [4.78, 5) is 0. The molecule has 0 radical (unpaired) electrons. The summed E-state index contributed by atoms with van der Waals surface area (Å²) in [5.41, 5.74) is 7.69. The number of aromatic hydroxyl groups is 1. The zero-order valence-electron chi connectivity index (χ0n) is 12.2. The van der Waals surface area contributed by atoms with Gasteiger partial charge in [-0.1, -0.05) is 38.8 Å². The first kappa shape index (κ1) is 14.4. The summed E-state index contributed by atoms with van der Waals surface area (Å²) in [6, 6.07) is 7.54. The predicted molar refractivity (Wildman–Crippen MR) is 80.1 cm³/mol. The van der Waals surface area contributed by atoms with Gasteiger partial charge in [0.2, 0.25) is 0 Å². The van der Waals surface area contributed by atoms with Crippen molar-refractivity contribution in [3.8, 4) is 5.75 Å². The molecule has 1 fully saturated rings. The smallest absolute Gasteiger partial charge is 0.115 e. The van der Waals surface area contributed by atoms with Gasteiger partial charge in [0.15, 0.2) is 0 Å². The van der Waals surface area contributed by atoms with Crippen molar-refractivity contribution in [1.29, 1.82) is 0 Å². The number of phenolic OH excluding ortho intramolecular Hbond substituents is 1. The maximum atomic E-state index is 9.56. The SMILES string of the molecule is CC(C)C1CCCC(N)(Cc2cccc(O)c2)CC1. The van der Waals surface area contributed by atoms with E-state index in [1.165, 1.54) is 19.3 Å². The highest BCUT2D eigenvalue weighted by atomic mass is 16.3. The normalized spacial score (nSPS) is 28.3. The fourth-order valence-corrected chi connectivity index (χ4v) is 3.37. The number of hydrogen-bond acceptors (Lipinski definition) is 2. The molecule has 0 aliphatic heterocycles. The molecule has 1 aliphatic carbocycles. The number of benzene rings is 1. The van der Waals surface area contributed by atoms with E-state index in [4.69, 9.17) is 5.73 Å². The van der Waals surface area contributed by atoms with Crippen molar-refractivity contribution in [3.05, 3.63) is 29.8 Å². The fraction of sp³-hybridized carbons (Fsp3) is 0.647. The first-order valence-electron chi connectivity index (χ1n) is 7.55. The zero-order chi connectivity index (χ0) is 13.9. The molecule has 106 valence electrons. The Kier molecular flexibility index (Phi) is 4.51. The molecule has 0 saturated heterocycles. The van der Waals surface area contributed by atoms with Gasteiger partial charge in [0, 0.05) is 5.54 Å². The van der Waals surface area contributed by atoms with Crippen LogP contribution in [-0.4, -0.2) is 10.6 Å². The zero-order valence-corrected chi connectivity index (χ0v) is 12.2. The summed E-state index contributed by atoms with van der Waals surface area (Å²) < 4.78 is 0. The van der Waals surface area contributed by atoms with Crippen LogP contribution in [0.25, 0.3) is 0 Å². The molecule has 0 spiro atoms. The predicted octanol–water partition coefficient (Wildman–Crippen LogP) is 3.87. The number of nitrogens with two attached hydrogens (primary N) is 1. The molecule has 0 aromatic heterocycles. The van der Waals surface area contributed by atoms with E-state index in [1.54, 1.807) is 6.07 Å². The Bertz CT molecular complexity index is 415. The van der Waals surface area contributed by atoms with Gasteiger partial charge in [-0.15, -0.1) is 0 Å². The Morgan fingerprint density at radius 2 is 2.11 bits per heavy atom. The second kappa shape index (κ2) is 5.96. The Hall–Kier alpha value is -1.02. The van der Waals surface area contributed by atoms with Crippen LogP contribution in [0.1, 0.15) is 51.5 Å². The van der Waals surface area contributed by atoms with Gasteiger partial charge in [-0.3, -0.25) is 0 Å². The van der Waals surface area contributed by atoms with E-state index in [2.05, 4.69) is 19.9 Å². The highest BCUT2D eigenvalue weighted by molar-refractivity contribution is 5.28. The molecule has 1 aromatic rings. The van der Waals surface area contributed by atoms with E-state index in [0.717, 1.165) is 36.7 Å². The van der Waals surface area contributed by atoms with E-state index in [1.807, 2.05) is 12.1 Å². The highest BCUT2D eigenvalue weighted by Crippen LogP contribution is 2.34. The lowest BCUT2D eigenvalue weighted by molar-refractivity contribution is 0.321. The van der Waals surface area contributed by atoms with Gasteiger partial charge < -0.3 is 10.8 Å². The number of phenols is 1. The summed E-state index contributed by atoms with van der Waals surface area (Å²) in [5, 5.41) is 9.56. The third kappa shape index (κ3) is 3.97. The molecule has 2 atom stereocenters. The van der Waals surface area contributed by atoms with E-state index in [0.29, 0.717) is 5.75 Å². The van der Waals surface area contributed by atoms with Crippen LogP contribution in [0.3, 0.4) is 0 Å². The van der Waals surface area contributed by atoms with Crippen LogP contribution in [0.15, 0.2) is 24.3 Å². The van der Waals surface area contributed by atoms with Gasteiger partial charge in [-0.2, -0.15) is 0 Å². The standard InChI is InChI=1S/C17H27NO/c1-13(2)15-6-4-9-17(18,10-8-15)12-14-5-3-7-16(19)11-14/h3,5,7,11,13,15,19H,4,6,8-10,12,18H2,1-2H3. The summed E-state index contributed by atoms with van der Waals surface area (Å²) in [7, 11) is 0. The minimum Gasteiger partial charge on any atom is -0.508 e. The largest absolute Gasteiger partial charge is 0.508 e. The van der Waals surface area contributed by atoms with E-state index in [9.17, 15) is 5.11 Å². The van der Waals surface area contributed by atoms with Crippen molar-refractivity contribution >= 4 is 0 Å². The van der Waals surface area contributed by atoms with Crippen LogP contribution in [-0.2, 0) is 6.42 Å². The van der Waals surface area contributed by atoms with E-state index < -0.39 is 0 Å². The lowest BCUT2D eigenvalue weighted by Crippen LogP contribution is -2.41. The third-order valence-corrected chi connectivity index (χ3v) is 4.67. The average Bonchev–Trinajstić information content (AvgIpc) is 2.51. The van der Waals surface area contributed by atoms with Crippen molar-refractivity contribution in [3.63, 3.8) is 0 Å². The van der Waals surface area contributed by atoms with Crippen molar-refractivity contribution in [1.82, 2.24) is 0 Å². The molecule has 2 heteroatoms. The molecule has 19 heavy (non-hydrogen) atoms. The van der Waals surface area contributed by atoms with Gasteiger partial charge in [0.05, 0.1) is 0 Å². The summed E-state index contributed by atoms with van der Waals surface area (Å²) in [6.45, 7) is 4.65. The topological polar surface area (TPSA) is 46.2 Å². The Labute approximate surface area is 117 Å². The van der Waals surface area contributed by atoms with Gasteiger partial charge in [-0.05, 0) is 55.2 Å². The maximum Gasteiger partial charge on any atom is 0.115 e. The molecule has 0 amide bonds. The van der Waals surface area contributed by atoms with Gasteiger partial charge >= 0.3 is 0 Å². The molecule has 3 N–H and O–H groups in total. The van der Waals surface area contributed by atoms with Crippen LogP contribution in [0.2, 0.25) is 0 Å². The van der Waals surface area contributed by atoms with Crippen LogP contribution in [0.4, 0.5) is 0 Å². The quantitative estimate of drug-likeness (QED) is 0.811. The monoisotopic (exact) mass is 261 g/mol. The second-order valence-corrected chi connectivity index (χ2v) is 6.64. The molecule has 0 heterocycles. The lowest BCUT2D eigenvalue weighted by Gasteiger charge is -2.28. The summed E-state index contributed by atoms with van der Waals surface area (Å²) in [5.74, 6) is 1.94. The minimum absolute atomic E-state index is 0.0859. The summed E-state index contributed by atoms with van der Waals surface area (Å²) in [6.07, 6.45) is 6.88. The van der Waals surface area contributed by atoms with Crippen LogP contribution in [0, 0.1) is 11.8 Å². The van der Waals surface area contributed by atoms with Crippen molar-refractivity contribution in [2.24, 2.45) is 17.6 Å². The van der Waals surface area contributed by atoms with E-state index >= 15 is 0 Å². The lowest BCUT2D eigenvalue weighted by atomic mass is 9.83. The first-order chi connectivity index (χ1) is 8.98. The van der Waals surface area contributed by atoms with Crippen molar-refractivity contribution in [2.45, 2.75) is 57.9 Å². The molecular formula is C17H27NO. The third-order valence-electron chi connectivity index (χ3n) is 4.67. The van der Waals surface area contributed by atoms with Gasteiger partial charge in [-0.25, -0.2) is 0 Å². The first-order valence-corrected chi connectivity index (χ1v) is 7.55.